The van der Waals surface area contributed by atoms with Gasteiger partial charge in [-0.3, -0.25) is 16.3 Å². The van der Waals surface area contributed by atoms with Crippen LogP contribution in [-0.2, 0) is 6.42 Å². The van der Waals surface area contributed by atoms with Crippen molar-refractivity contribution >= 4 is 11.3 Å². The summed E-state index contributed by atoms with van der Waals surface area (Å²) in [5, 5.41) is 0. The molecule has 4 bridgehead atoms. The van der Waals surface area contributed by atoms with E-state index in [1.165, 1.54) is 49.8 Å². The van der Waals surface area contributed by atoms with E-state index in [-0.39, 0.29) is 0 Å². The van der Waals surface area contributed by atoms with Gasteiger partial charge in [0.25, 0.3) is 0 Å². The Morgan fingerprint density at radius 1 is 1.25 bits per heavy atom. The van der Waals surface area contributed by atoms with Crippen LogP contribution in [0.2, 0.25) is 0 Å². The fourth-order valence-electron chi connectivity index (χ4n) is 5.84. The standard InChI is InChI=1S/C16H25N3S/c17-19-14(4-15-9-18-10-20-15)8-16-5-11-1-12(6-16)3-13(2-11)7-16/h9-14,19H,1-8,17H2. The predicted octanol–water partition coefficient (Wildman–Crippen LogP) is 3.12. The zero-order chi connectivity index (χ0) is 13.6. The van der Waals surface area contributed by atoms with E-state index in [0.717, 1.165) is 24.2 Å². The number of nitrogens with zero attached hydrogens (tertiary/aromatic N) is 1. The predicted molar refractivity (Wildman–Crippen MR) is 82.2 cm³/mol. The van der Waals surface area contributed by atoms with Gasteiger partial charge in [0.05, 0.1) is 5.51 Å². The molecular formula is C16H25N3S. The smallest absolute Gasteiger partial charge is 0.0794 e. The third kappa shape index (κ3) is 2.42. The van der Waals surface area contributed by atoms with Gasteiger partial charge in [-0.15, -0.1) is 11.3 Å². The quantitative estimate of drug-likeness (QED) is 0.647. The van der Waals surface area contributed by atoms with E-state index >= 15 is 0 Å². The maximum absolute atomic E-state index is 5.85. The maximum Gasteiger partial charge on any atom is 0.0794 e. The fraction of sp³-hybridized carbons (Fsp3) is 0.812. The van der Waals surface area contributed by atoms with Crippen LogP contribution in [0.1, 0.15) is 49.8 Å². The summed E-state index contributed by atoms with van der Waals surface area (Å²) >= 11 is 1.75. The monoisotopic (exact) mass is 291 g/mol. The molecule has 4 saturated carbocycles. The SMILES string of the molecule is NNC(Cc1cncs1)CC12CC3CC(CC(C3)C1)C2. The Morgan fingerprint density at radius 3 is 2.40 bits per heavy atom. The van der Waals surface area contributed by atoms with E-state index in [1.807, 2.05) is 11.7 Å². The van der Waals surface area contributed by atoms with E-state index in [9.17, 15) is 0 Å². The van der Waals surface area contributed by atoms with Gasteiger partial charge in [0.15, 0.2) is 0 Å². The van der Waals surface area contributed by atoms with Gasteiger partial charge >= 0.3 is 0 Å². The van der Waals surface area contributed by atoms with Crippen LogP contribution < -0.4 is 11.3 Å². The van der Waals surface area contributed by atoms with Crippen molar-refractivity contribution in [3.05, 3.63) is 16.6 Å². The second-order valence-corrected chi connectivity index (χ2v) is 8.63. The summed E-state index contributed by atoms with van der Waals surface area (Å²) in [7, 11) is 0. The molecule has 4 fully saturated rings. The van der Waals surface area contributed by atoms with Crippen molar-refractivity contribution in [1.82, 2.24) is 10.4 Å². The first kappa shape index (κ1) is 13.2. The van der Waals surface area contributed by atoms with Crippen molar-refractivity contribution in [2.24, 2.45) is 29.0 Å². The van der Waals surface area contributed by atoms with Crippen molar-refractivity contribution in [3.8, 4) is 0 Å². The van der Waals surface area contributed by atoms with Crippen molar-refractivity contribution < 1.29 is 0 Å². The zero-order valence-corrected chi connectivity index (χ0v) is 12.9. The maximum atomic E-state index is 5.85. The largest absolute Gasteiger partial charge is 0.271 e. The summed E-state index contributed by atoms with van der Waals surface area (Å²) in [6.07, 6.45) is 13.3. The molecule has 1 heterocycles. The second-order valence-electron chi connectivity index (χ2n) is 7.66. The van der Waals surface area contributed by atoms with Crippen molar-refractivity contribution in [1.29, 1.82) is 0 Å². The third-order valence-electron chi connectivity index (χ3n) is 6.01. The molecule has 3 N–H and O–H groups in total. The highest BCUT2D eigenvalue weighted by molar-refractivity contribution is 7.09. The first-order valence-electron chi connectivity index (χ1n) is 8.08. The number of thiazole rings is 1. The number of hydrogen-bond donors (Lipinski definition) is 2. The molecule has 0 spiro atoms. The summed E-state index contributed by atoms with van der Waals surface area (Å²) in [6.45, 7) is 0. The van der Waals surface area contributed by atoms with Crippen LogP contribution in [0.15, 0.2) is 11.7 Å². The molecular weight excluding hydrogens is 266 g/mol. The second kappa shape index (κ2) is 5.08. The van der Waals surface area contributed by atoms with Crippen LogP contribution in [-0.4, -0.2) is 11.0 Å². The van der Waals surface area contributed by atoms with E-state index in [4.69, 9.17) is 5.84 Å². The lowest BCUT2D eigenvalue weighted by Crippen LogP contribution is -2.50. The third-order valence-corrected chi connectivity index (χ3v) is 6.81. The first-order valence-corrected chi connectivity index (χ1v) is 8.96. The van der Waals surface area contributed by atoms with Crippen molar-refractivity contribution in [2.75, 3.05) is 0 Å². The molecule has 1 atom stereocenters. The van der Waals surface area contributed by atoms with Crippen LogP contribution in [0.25, 0.3) is 0 Å². The minimum Gasteiger partial charge on any atom is -0.271 e. The molecule has 110 valence electrons. The normalized spacial score (nSPS) is 40.1. The van der Waals surface area contributed by atoms with Crippen LogP contribution in [0.3, 0.4) is 0 Å². The number of rotatable bonds is 5. The molecule has 20 heavy (non-hydrogen) atoms. The highest BCUT2D eigenvalue weighted by Crippen LogP contribution is 2.61. The molecule has 1 aromatic heterocycles. The number of nitrogens with two attached hydrogens (primary N) is 1. The van der Waals surface area contributed by atoms with Gasteiger partial charge in [-0.05, 0) is 68.1 Å². The van der Waals surface area contributed by atoms with Crippen LogP contribution >= 0.6 is 11.3 Å². The van der Waals surface area contributed by atoms with E-state index in [0.29, 0.717) is 11.5 Å². The van der Waals surface area contributed by atoms with E-state index in [1.54, 1.807) is 11.3 Å². The molecule has 4 heteroatoms. The summed E-state index contributed by atoms with van der Waals surface area (Å²) in [6, 6.07) is 0.423. The highest BCUT2D eigenvalue weighted by atomic mass is 32.1. The molecule has 5 rings (SSSR count). The summed E-state index contributed by atoms with van der Waals surface area (Å²) in [5.74, 6) is 8.94. The zero-order valence-electron chi connectivity index (χ0n) is 12.1. The van der Waals surface area contributed by atoms with Gasteiger partial charge in [-0.25, -0.2) is 0 Å². The highest BCUT2D eigenvalue weighted by Gasteiger charge is 2.51. The Kier molecular flexibility index (Phi) is 3.36. The molecule has 4 aliphatic rings. The Balaban J connectivity index is 1.46. The van der Waals surface area contributed by atoms with Crippen LogP contribution in [0.4, 0.5) is 0 Å². The Morgan fingerprint density at radius 2 is 1.90 bits per heavy atom. The van der Waals surface area contributed by atoms with E-state index in [2.05, 4.69) is 10.4 Å². The lowest BCUT2D eigenvalue weighted by atomic mass is 9.48. The lowest BCUT2D eigenvalue weighted by molar-refractivity contribution is -0.0619. The molecule has 0 amide bonds. The molecule has 3 nitrogen and oxygen atoms in total. The minimum absolute atomic E-state index is 0.423. The lowest BCUT2D eigenvalue weighted by Gasteiger charge is -2.57. The molecule has 0 saturated heterocycles. The van der Waals surface area contributed by atoms with E-state index < -0.39 is 0 Å². The van der Waals surface area contributed by atoms with Crippen molar-refractivity contribution in [2.45, 2.75) is 57.4 Å². The Labute approximate surface area is 125 Å². The Hall–Kier alpha value is -0.450. The fourth-order valence-corrected chi connectivity index (χ4v) is 6.51. The van der Waals surface area contributed by atoms with Crippen LogP contribution in [0, 0.1) is 23.2 Å². The molecule has 1 unspecified atom stereocenters. The number of nitrogens with one attached hydrogen (secondary N) is 1. The summed E-state index contributed by atoms with van der Waals surface area (Å²) in [4.78, 5) is 5.55. The van der Waals surface area contributed by atoms with Gasteiger partial charge in [-0.1, -0.05) is 0 Å². The molecule has 0 radical (unpaired) electrons. The number of hydrogen-bond acceptors (Lipinski definition) is 4. The Bertz CT molecular complexity index is 421. The minimum atomic E-state index is 0.423. The molecule has 0 aliphatic heterocycles. The number of hydrazine groups is 1. The summed E-state index contributed by atoms with van der Waals surface area (Å²) < 4.78 is 0. The van der Waals surface area contributed by atoms with Gasteiger partial charge < -0.3 is 0 Å². The average Bonchev–Trinajstić information content (AvgIpc) is 2.89. The van der Waals surface area contributed by atoms with Gasteiger partial charge in [-0.2, -0.15) is 0 Å². The van der Waals surface area contributed by atoms with Crippen LogP contribution in [0.5, 0.6) is 0 Å². The molecule has 1 aromatic rings. The summed E-state index contributed by atoms with van der Waals surface area (Å²) in [5.41, 5.74) is 5.63. The topological polar surface area (TPSA) is 50.9 Å². The first-order chi connectivity index (χ1) is 9.75. The van der Waals surface area contributed by atoms with Crippen molar-refractivity contribution in [3.63, 3.8) is 0 Å². The average molecular weight is 291 g/mol. The van der Waals surface area contributed by atoms with Gasteiger partial charge in [0.2, 0.25) is 0 Å². The number of aromatic nitrogens is 1. The molecule has 0 aromatic carbocycles. The molecule has 4 aliphatic carbocycles. The van der Waals surface area contributed by atoms with Gasteiger partial charge in [0.1, 0.15) is 0 Å². The van der Waals surface area contributed by atoms with Gasteiger partial charge in [0, 0.05) is 23.5 Å².